The summed E-state index contributed by atoms with van der Waals surface area (Å²) in [6, 6.07) is 0. The second-order valence-electron chi connectivity index (χ2n) is 5.19. The number of hydrogen-bond acceptors (Lipinski definition) is 2. The zero-order chi connectivity index (χ0) is 11.8. The Labute approximate surface area is 95.4 Å². The van der Waals surface area contributed by atoms with E-state index >= 15 is 0 Å². The van der Waals surface area contributed by atoms with Gasteiger partial charge in [-0.15, -0.1) is 0 Å². The number of carbonyl (C=O) groups excluding carboxylic acids is 1. The Morgan fingerprint density at radius 2 is 2.19 bits per heavy atom. The molecule has 0 bridgehead atoms. The molecule has 0 aromatic rings. The normalized spacial score (nSPS) is 26.2. The van der Waals surface area contributed by atoms with Crippen LogP contribution in [0.1, 0.15) is 39.0 Å². The van der Waals surface area contributed by atoms with Crippen LogP contribution in [0.4, 0.5) is 0 Å². The van der Waals surface area contributed by atoms with Crippen LogP contribution in [-0.4, -0.2) is 23.5 Å². The smallest absolute Gasteiger partial charge is 0.308 e. The lowest BCUT2D eigenvalue weighted by Gasteiger charge is -2.12. The molecule has 4 nitrogen and oxygen atoms in total. The van der Waals surface area contributed by atoms with E-state index in [1.54, 1.807) is 0 Å². The van der Waals surface area contributed by atoms with Crippen molar-refractivity contribution in [2.24, 2.45) is 17.3 Å². The van der Waals surface area contributed by atoms with Gasteiger partial charge in [-0.1, -0.05) is 13.3 Å². The highest BCUT2D eigenvalue weighted by molar-refractivity contribution is 5.83. The van der Waals surface area contributed by atoms with Crippen LogP contribution in [0.15, 0.2) is 0 Å². The van der Waals surface area contributed by atoms with Crippen LogP contribution in [0.2, 0.25) is 0 Å². The first-order chi connectivity index (χ1) is 7.59. The van der Waals surface area contributed by atoms with Crippen LogP contribution in [-0.2, 0) is 9.59 Å². The maximum Gasteiger partial charge on any atom is 0.308 e. The highest BCUT2D eigenvalue weighted by Crippen LogP contribution is 2.70. The molecule has 1 spiro atoms. The van der Waals surface area contributed by atoms with Gasteiger partial charge < -0.3 is 10.4 Å². The first kappa shape index (κ1) is 11.4. The largest absolute Gasteiger partial charge is 0.481 e. The number of amides is 1. The van der Waals surface area contributed by atoms with Gasteiger partial charge in [0, 0.05) is 12.5 Å². The summed E-state index contributed by atoms with van der Waals surface area (Å²) in [5, 5.41) is 11.7. The predicted molar refractivity (Wildman–Crippen MR) is 58.8 cm³/mol. The van der Waals surface area contributed by atoms with E-state index in [1.807, 2.05) is 6.92 Å². The summed E-state index contributed by atoms with van der Waals surface area (Å²) in [4.78, 5) is 22.6. The van der Waals surface area contributed by atoms with Gasteiger partial charge in [0.25, 0.3) is 0 Å². The van der Waals surface area contributed by atoms with Crippen LogP contribution in [0.3, 0.4) is 0 Å². The molecule has 2 fully saturated rings. The van der Waals surface area contributed by atoms with Gasteiger partial charge in [-0.3, -0.25) is 9.59 Å². The monoisotopic (exact) mass is 225 g/mol. The fourth-order valence-corrected chi connectivity index (χ4v) is 2.44. The van der Waals surface area contributed by atoms with E-state index in [2.05, 4.69) is 5.32 Å². The molecule has 0 heterocycles. The van der Waals surface area contributed by atoms with E-state index in [0.717, 1.165) is 12.8 Å². The van der Waals surface area contributed by atoms with Gasteiger partial charge in [0.05, 0.1) is 5.92 Å². The third-order valence-corrected chi connectivity index (χ3v) is 3.91. The average Bonchev–Trinajstić information content (AvgIpc) is 3.14. The average molecular weight is 225 g/mol. The molecular formula is C12H19NO3. The molecule has 1 amide bonds. The fraction of sp³-hybridized carbons (Fsp3) is 0.833. The summed E-state index contributed by atoms with van der Waals surface area (Å²) < 4.78 is 0. The summed E-state index contributed by atoms with van der Waals surface area (Å²) in [7, 11) is 0. The summed E-state index contributed by atoms with van der Waals surface area (Å²) in [6.07, 6.45) is 4.85. The molecule has 0 aromatic heterocycles. The van der Waals surface area contributed by atoms with Gasteiger partial charge in [0.1, 0.15) is 0 Å². The Hall–Kier alpha value is -1.06. The first-order valence-electron chi connectivity index (χ1n) is 6.09. The zero-order valence-electron chi connectivity index (χ0n) is 9.66. The number of aliphatic carboxylic acids is 1. The van der Waals surface area contributed by atoms with Crippen LogP contribution in [0, 0.1) is 17.3 Å². The quantitative estimate of drug-likeness (QED) is 0.718. The van der Waals surface area contributed by atoms with Gasteiger partial charge in [-0.25, -0.2) is 0 Å². The fourth-order valence-electron chi connectivity index (χ4n) is 2.44. The number of nitrogens with one attached hydrogen (secondary N) is 1. The maximum absolute atomic E-state index is 11.7. The third kappa shape index (κ3) is 2.20. The van der Waals surface area contributed by atoms with E-state index < -0.39 is 11.9 Å². The first-order valence-corrected chi connectivity index (χ1v) is 6.09. The van der Waals surface area contributed by atoms with Crippen molar-refractivity contribution < 1.29 is 14.7 Å². The Morgan fingerprint density at radius 1 is 1.50 bits per heavy atom. The van der Waals surface area contributed by atoms with Crippen molar-refractivity contribution >= 4 is 11.9 Å². The summed E-state index contributed by atoms with van der Waals surface area (Å²) in [6.45, 7) is 2.24. The van der Waals surface area contributed by atoms with Crippen LogP contribution in [0.25, 0.3) is 0 Å². The van der Waals surface area contributed by atoms with E-state index in [4.69, 9.17) is 5.11 Å². The molecule has 0 aromatic carbocycles. The molecule has 2 aliphatic rings. The molecule has 2 rings (SSSR count). The van der Waals surface area contributed by atoms with Crippen molar-refractivity contribution in [2.45, 2.75) is 39.0 Å². The number of rotatable bonds is 6. The maximum atomic E-state index is 11.7. The highest BCUT2D eigenvalue weighted by Gasteiger charge is 2.65. The topological polar surface area (TPSA) is 66.4 Å². The second kappa shape index (κ2) is 4.07. The standard InChI is InChI=1S/C12H19NO3/c1-2-3-8(11(15)16)7-13-10(14)9-6-12(9)4-5-12/h8-9H,2-7H2,1H3,(H,13,14)(H,15,16). The zero-order valence-corrected chi connectivity index (χ0v) is 9.66. The summed E-state index contributed by atoms with van der Waals surface area (Å²) in [5.41, 5.74) is 0.355. The Balaban J connectivity index is 1.72. The van der Waals surface area contributed by atoms with Gasteiger partial charge >= 0.3 is 5.97 Å². The van der Waals surface area contributed by atoms with Crippen molar-refractivity contribution in [2.75, 3.05) is 6.54 Å². The Kier molecular flexibility index (Phi) is 2.91. The van der Waals surface area contributed by atoms with E-state index in [-0.39, 0.29) is 18.4 Å². The van der Waals surface area contributed by atoms with Crippen LogP contribution < -0.4 is 5.32 Å². The summed E-state index contributed by atoms with van der Waals surface area (Å²) >= 11 is 0. The van der Waals surface area contributed by atoms with Crippen LogP contribution >= 0.6 is 0 Å². The van der Waals surface area contributed by atoms with Gasteiger partial charge in [-0.05, 0) is 31.1 Å². The van der Waals surface area contributed by atoms with Crippen molar-refractivity contribution in [1.82, 2.24) is 5.32 Å². The minimum atomic E-state index is -0.806. The molecule has 0 aliphatic heterocycles. The molecule has 2 N–H and O–H groups in total. The molecule has 0 saturated heterocycles. The van der Waals surface area contributed by atoms with E-state index in [0.29, 0.717) is 11.8 Å². The highest BCUT2D eigenvalue weighted by atomic mass is 16.4. The molecule has 2 aliphatic carbocycles. The minimum absolute atomic E-state index is 0.0693. The number of carbonyl (C=O) groups is 2. The van der Waals surface area contributed by atoms with Crippen molar-refractivity contribution in [1.29, 1.82) is 0 Å². The molecule has 90 valence electrons. The van der Waals surface area contributed by atoms with Gasteiger partial charge in [0.2, 0.25) is 5.91 Å². The molecule has 16 heavy (non-hydrogen) atoms. The van der Waals surface area contributed by atoms with E-state index in [1.165, 1.54) is 12.8 Å². The van der Waals surface area contributed by atoms with E-state index in [9.17, 15) is 9.59 Å². The molecule has 2 atom stereocenters. The third-order valence-electron chi connectivity index (χ3n) is 3.91. The lowest BCUT2D eigenvalue weighted by molar-refractivity contribution is -0.142. The predicted octanol–water partition coefficient (Wildman–Crippen LogP) is 1.40. The number of carboxylic acids is 1. The molecule has 2 unspecified atom stereocenters. The lowest BCUT2D eigenvalue weighted by Crippen LogP contribution is -2.34. The van der Waals surface area contributed by atoms with Gasteiger partial charge in [-0.2, -0.15) is 0 Å². The minimum Gasteiger partial charge on any atom is -0.481 e. The lowest BCUT2D eigenvalue weighted by atomic mass is 10.0. The van der Waals surface area contributed by atoms with Crippen molar-refractivity contribution in [3.8, 4) is 0 Å². The Bertz CT molecular complexity index is 309. The Morgan fingerprint density at radius 3 is 2.62 bits per heavy atom. The second-order valence-corrected chi connectivity index (χ2v) is 5.19. The number of hydrogen-bond donors (Lipinski definition) is 2. The summed E-state index contributed by atoms with van der Waals surface area (Å²) in [5.74, 6) is -0.981. The van der Waals surface area contributed by atoms with Crippen molar-refractivity contribution in [3.05, 3.63) is 0 Å². The SMILES string of the molecule is CCCC(CNC(=O)C1CC12CC2)C(=O)O. The number of carboxylic acid groups (broad SMARTS) is 1. The van der Waals surface area contributed by atoms with Crippen molar-refractivity contribution in [3.63, 3.8) is 0 Å². The van der Waals surface area contributed by atoms with Gasteiger partial charge in [0.15, 0.2) is 0 Å². The molecular weight excluding hydrogens is 206 g/mol. The molecule has 2 saturated carbocycles. The molecule has 0 radical (unpaired) electrons. The molecule has 4 heteroatoms. The van der Waals surface area contributed by atoms with Crippen LogP contribution in [0.5, 0.6) is 0 Å².